The van der Waals surface area contributed by atoms with Gasteiger partial charge in [-0.05, 0) is 18.2 Å². The maximum Gasteiger partial charge on any atom is 0.321 e. The Kier molecular flexibility index (Phi) is 4.39. The molecule has 0 atom stereocenters. The lowest BCUT2D eigenvalue weighted by atomic mass is 10.3. The van der Waals surface area contributed by atoms with E-state index in [-0.39, 0.29) is 11.7 Å². The number of amides is 2. The summed E-state index contributed by atoms with van der Waals surface area (Å²) in [5.41, 5.74) is 1.05. The van der Waals surface area contributed by atoms with Crippen LogP contribution in [0.5, 0.6) is 0 Å². The SMILES string of the molecule is CN(Cc1cnn(C)c1)C(=O)Nc1ccc(Br)cc1F. The Morgan fingerprint density at radius 3 is 2.90 bits per heavy atom. The topological polar surface area (TPSA) is 50.2 Å². The molecule has 0 radical (unpaired) electrons. The maximum atomic E-state index is 13.6. The maximum absolute atomic E-state index is 13.6. The molecule has 1 aromatic heterocycles. The van der Waals surface area contributed by atoms with Crippen molar-refractivity contribution >= 4 is 27.6 Å². The summed E-state index contributed by atoms with van der Waals surface area (Å²) in [6, 6.07) is 4.10. The van der Waals surface area contributed by atoms with E-state index in [1.807, 2.05) is 6.20 Å². The van der Waals surface area contributed by atoms with Crippen molar-refractivity contribution in [3.05, 3.63) is 46.4 Å². The van der Waals surface area contributed by atoms with Crippen LogP contribution in [0.25, 0.3) is 0 Å². The zero-order valence-electron chi connectivity index (χ0n) is 11.1. The van der Waals surface area contributed by atoms with Crippen molar-refractivity contribution in [3.63, 3.8) is 0 Å². The van der Waals surface area contributed by atoms with Crippen LogP contribution in [-0.4, -0.2) is 27.8 Å². The predicted octanol–water partition coefficient (Wildman–Crippen LogP) is 2.99. The highest BCUT2D eigenvalue weighted by Gasteiger charge is 2.12. The standard InChI is InChI=1S/C13H14BrFN4O/c1-18(7-9-6-16-19(2)8-9)13(20)17-12-4-3-10(14)5-11(12)15/h3-6,8H,7H2,1-2H3,(H,17,20). The lowest BCUT2D eigenvalue weighted by molar-refractivity contribution is 0.220. The molecule has 0 bridgehead atoms. The number of nitrogens with zero attached hydrogens (tertiary/aromatic N) is 3. The molecule has 0 saturated carbocycles. The molecule has 0 fully saturated rings. The number of hydrogen-bond donors (Lipinski definition) is 1. The van der Waals surface area contributed by atoms with Crippen molar-refractivity contribution in [2.24, 2.45) is 7.05 Å². The van der Waals surface area contributed by atoms with Gasteiger partial charge in [0.1, 0.15) is 5.82 Å². The van der Waals surface area contributed by atoms with Crippen LogP contribution in [0.15, 0.2) is 35.1 Å². The molecule has 0 aliphatic heterocycles. The van der Waals surface area contributed by atoms with Gasteiger partial charge in [0, 0.05) is 30.3 Å². The highest BCUT2D eigenvalue weighted by molar-refractivity contribution is 9.10. The second kappa shape index (κ2) is 6.04. The fourth-order valence-corrected chi connectivity index (χ4v) is 2.03. The summed E-state index contributed by atoms with van der Waals surface area (Å²) in [7, 11) is 3.44. The molecular weight excluding hydrogens is 327 g/mol. The average Bonchev–Trinajstić information content (AvgIpc) is 2.78. The molecule has 0 aliphatic rings. The van der Waals surface area contributed by atoms with Crippen LogP contribution in [0, 0.1) is 5.82 Å². The minimum Gasteiger partial charge on any atom is -0.323 e. The van der Waals surface area contributed by atoms with E-state index in [0.29, 0.717) is 11.0 Å². The van der Waals surface area contributed by atoms with Crippen LogP contribution in [0.1, 0.15) is 5.56 Å². The van der Waals surface area contributed by atoms with Crippen LogP contribution in [0.2, 0.25) is 0 Å². The van der Waals surface area contributed by atoms with E-state index < -0.39 is 5.82 Å². The molecule has 1 N–H and O–H groups in total. The zero-order chi connectivity index (χ0) is 14.7. The van der Waals surface area contributed by atoms with Crippen molar-refractivity contribution in [2.75, 3.05) is 12.4 Å². The molecule has 106 valence electrons. The Morgan fingerprint density at radius 2 is 2.30 bits per heavy atom. The predicted molar refractivity (Wildman–Crippen MR) is 77.8 cm³/mol. The number of benzene rings is 1. The van der Waals surface area contributed by atoms with Gasteiger partial charge in [-0.25, -0.2) is 9.18 Å². The summed E-state index contributed by atoms with van der Waals surface area (Å²) in [6.07, 6.45) is 3.51. The van der Waals surface area contributed by atoms with E-state index in [4.69, 9.17) is 0 Å². The number of nitrogens with one attached hydrogen (secondary N) is 1. The first-order chi connectivity index (χ1) is 9.45. The molecule has 2 aromatic rings. The Labute approximate surface area is 124 Å². The Balaban J connectivity index is 2.00. The number of aryl methyl sites for hydroxylation is 1. The summed E-state index contributed by atoms with van der Waals surface area (Å²) in [4.78, 5) is 13.4. The highest BCUT2D eigenvalue weighted by atomic mass is 79.9. The monoisotopic (exact) mass is 340 g/mol. The largest absolute Gasteiger partial charge is 0.323 e. The van der Waals surface area contributed by atoms with Gasteiger partial charge in [-0.15, -0.1) is 0 Å². The zero-order valence-corrected chi connectivity index (χ0v) is 12.7. The average molecular weight is 341 g/mol. The number of anilines is 1. The fraction of sp³-hybridized carbons (Fsp3) is 0.231. The molecule has 1 heterocycles. The van der Waals surface area contributed by atoms with Crippen molar-refractivity contribution in [1.29, 1.82) is 0 Å². The summed E-state index contributed by atoms with van der Waals surface area (Å²) in [5.74, 6) is -0.484. The second-order valence-corrected chi connectivity index (χ2v) is 5.35. The van der Waals surface area contributed by atoms with E-state index in [9.17, 15) is 9.18 Å². The van der Waals surface area contributed by atoms with Gasteiger partial charge in [0.25, 0.3) is 0 Å². The number of rotatable bonds is 3. The first-order valence-electron chi connectivity index (χ1n) is 5.90. The summed E-state index contributed by atoms with van der Waals surface area (Å²) in [6.45, 7) is 0.401. The summed E-state index contributed by atoms with van der Waals surface area (Å²) < 4.78 is 15.9. The first kappa shape index (κ1) is 14.5. The molecular formula is C13H14BrFN4O. The molecule has 7 heteroatoms. The van der Waals surface area contributed by atoms with Crippen LogP contribution in [0.3, 0.4) is 0 Å². The molecule has 5 nitrogen and oxygen atoms in total. The van der Waals surface area contributed by atoms with Gasteiger partial charge in [0.15, 0.2) is 0 Å². The third-order valence-electron chi connectivity index (χ3n) is 2.70. The fourth-order valence-electron chi connectivity index (χ4n) is 1.70. The molecule has 0 spiro atoms. The highest BCUT2D eigenvalue weighted by Crippen LogP contribution is 2.19. The van der Waals surface area contributed by atoms with Gasteiger partial charge in [-0.3, -0.25) is 4.68 Å². The quantitative estimate of drug-likeness (QED) is 0.933. The van der Waals surface area contributed by atoms with Gasteiger partial charge in [0.05, 0.1) is 18.4 Å². The Bertz CT molecular complexity index is 629. The lowest BCUT2D eigenvalue weighted by Crippen LogP contribution is -2.31. The Morgan fingerprint density at radius 1 is 1.55 bits per heavy atom. The first-order valence-corrected chi connectivity index (χ1v) is 6.69. The normalized spacial score (nSPS) is 10.4. The van der Waals surface area contributed by atoms with Crippen LogP contribution >= 0.6 is 15.9 Å². The smallest absolute Gasteiger partial charge is 0.321 e. The van der Waals surface area contributed by atoms with Crippen molar-refractivity contribution in [2.45, 2.75) is 6.54 Å². The third kappa shape index (κ3) is 3.57. The van der Waals surface area contributed by atoms with Crippen LogP contribution in [-0.2, 0) is 13.6 Å². The number of hydrogen-bond acceptors (Lipinski definition) is 2. The van der Waals surface area contributed by atoms with Gasteiger partial charge in [-0.1, -0.05) is 15.9 Å². The van der Waals surface area contributed by atoms with Gasteiger partial charge < -0.3 is 10.2 Å². The minimum atomic E-state index is -0.484. The number of aromatic nitrogens is 2. The van der Waals surface area contributed by atoms with Crippen molar-refractivity contribution < 1.29 is 9.18 Å². The molecule has 0 aliphatic carbocycles. The van der Waals surface area contributed by atoms with Crippen LogP contribution in [0.4, 0.5) is 14.9 Å². The molecule has 0 unspecified atom stereocenters. The van der Waals surface area contributed by atoms with E-state index in [0.717, 1.165) is 5.56 Å². The second-order valence-electron chi connectivity index (χ2n) is 4.43. The van der Waals surface area contributed by atoms with E-state index in [1.165, 1.54) is 17.0 Å². The Hall–Kier alpha value is -1.89. The number of carbonyl (C=O) groups excluding carboxylic acids is 1. The van der Waals surface area contributed by atoms with Crippen molar-refractivity contribution in [1.82, 2.24) is 14.7 Å². The number of carbonyl (C=O) groups is 1. The molecule has 20 heavy (non-hydrogen) atoms. The summed E-state index contributed by atoms with van der Waals surface area (Å²) in [5, 5.41) is 6.56. The molecule has 0 saturated heterocycles. The van der Waals surface area contributed by atoms with Gasteiger partial charge in [-0.2, -0.15) is 5.10 Å². The minimum absolute atomic E-state index is 0.149. The molecule has 2 rings (SSSR count). The number of halogens is 2. The van der Waals surface area contributed by atoms with Crippen molar-refractivity contribution in [3.8, 4) is 0 Å². The third-order valence-corrected chi connectivity index (χ3v) is 3.19. The molecule has 1 aromatic carbocycles. The van der Waals surface area contributed by atoms with Gasteiger partial charge >= 0.3 is 6.03 Å². The molecule has 2 amide bonds. The lowest BCUT2D eigenvalue weighted by Gasteiger charge is -2.17. The van der Waals surface area contributed by atoms with E-state index in [2.05, 4.69) is 26.3 Å². The van der Waals surface area contributed by atoms with E-state index in [1.54, 1.807) is 31.0 Å². The van der Waals surface area contributed by atoms with E-state index >= 15 is 0 Å². The summed E-state index contributed by atoms with van der Waals surface area (Å²) >= 11 is 3.17. The van der Waals surface area contributed by atoms with Crippen LogP contribution < -0.4 is 5.32 Å². The van der Waals surface area contributed by atoms with Gasteiger partial charge in [0.2, 0.25) is 0 Å². The number of urea groups is 1.